The van der Waals surface area contributed by atoms with Crippen molar-refractivity contribution >= 4 is 10.0 Å². The Morgan fingerprint density at radius 3 is 2.74 bits per heavy atom. The second kappa shape index (κ2) is 6.42. The summed E-state index contributed by atoms with van der Waals surface area (Å²) in [6.45, 7) is 7.51. The lowest BCUT2D eigenvalue weighted by molar-refractivity contribution is 0.0845. The van der Waals surface area contributed by atoms with E-state index in [0.717, 1.165) is 43.8 Å². The number of ether oxygens (including phenoxy) is 1. The largest absolute Gasteiger partial charge is 0.488 e. The van der Waals surface area contributed by atoms with Gasteiger partial charge in [0, 0.05) is 13.1 Å². The van der Waals surface area contributed by atoms with Gasteiger partial charge >= 0.3 is 0 Å². The molecule has 0 aliphatic carbocycles. The van der Waals surface area contributed by atoms with Gasteiger partial charge in [-0.3, -0.25) is 0 Å². The van der Waals surface area contributed by atoms with E-state index in [1.165, 1.54) is 12.8 Å². The van der Waals surface area contributed by atoms with Crippen LogP contribution in [0.5, 0.6) is 5.75 Å². The standard InChI is InChI=1S/C17H26N2O3S/c1-17(2)8-7-14-13-15(5-6-16(14)22-17)23(20,21)18-9-12-19-10-3-4-11-19/h5-6,13,18H,3-4,7-12H2,1-2H3. The van der Waals surface area contributed by atoms with Gasteiger partial charge in [-0.25, -0.2) is 13.1 Å². The third kappa shape index (κ3) is 4.05. The lowest BCUT2D eigenvalue weighted by Gasteiger charge is -2.32. The molecule has 0 amide bonds. The molecule has 23 heavy (non-hydrogen) atoms. The van der Waals surface area contributed by atoms with E-state index in [0.29, 0.717) is 11.4 Å². The molecule has 1 aromatic rings. The van der Waals surface area contributed by atoms with E-state index in [1.807, 2.05) is 0 Å². The number of rotatable bonds is 5. The number of fused-ring (bicyclic) bond motifs is 1. The van der Waals surface area contributed by atoms with Crippen LogP contribution in [0.4, 0.5) is 0 Å². The fourth-order valence-corrected chi connectivity index (χ4v) is 4.30. The van der Waals surface area contributed by atoms with E-state index in [1.54, 1.807) is 18.2 Å². The summed E-state index contributed by atoms with van der Waals surface area (Å²) in [6, 6.07) is 5.17. The average molecular weight is 338 g/mol. The number of hydrogen-bond acceptors (Lipinski definition) is 4. The van der Waals surface area contributed by atoms with Crippen molar-refractivity contribution in [3.63, 3.8) is 0 Å². The van der Waals surface area contributed by atoms with Gasteiger partial charge in [0.15, 0.2) is 0 Å². The molecular weight excluding hydrogens is 312 g/mol. The van der Waals surface area contributed by atoms with Gasteiger partial charge in [0.1, 0.15) is 11.4 Å². The van der Waals surface area contributed by atoms with Crippen LogP contribution >= 0.6 is 0 Å². The summed E-state index contributed by atoms with van der Waals surface area (Å²) in [5, 5.41) is 0. The van der Waals surface area contributed by atoms with Gasteiger partial charge in [0.05, 0.1) is 4.90 Å². The van der Waals surface area contributed by atoms with Crippen molar-refractivity contribution in [3.05, 3.63) is 23.8 Å². The Morgan fingerprint density at radius 2 is 2.00 bits per heavy atom. The Morgan fingerprint density at radius 1 is 1.26 bits per heavy atom. The summed E-state index contributed by atoms with van der Waals surface area (Å²) < 4.78 is 33.5. The van der Waals surface area contributed by atoms with Crippen LogP contribution in [0.25, 0.3) is 0 Å². The second-order valence-corrected chi connectivity index (χ2v) is 8.84. The Balaban J connectivity index is 1.65. The maximum Gasteiger partial charge on any atom is 0.240 e. The third-order valence-corrected chi connectivity index (χ3v) is 6.10. The number of hydrogen-bond donors (Lipinski definition) is 1. The summed E-state index contributed by atoms with van der Waals surface area (Å²) in [5.74, 6) is 0.803. The summed E-state index contributed by atoms with van der Waals surface area (Å²) in [5.41, 5.74) is 0.799. The highest BCUT2D eigenvalue weighted by molar-refractivity contribution is 7.89. The van der Waals surface area contributed by atoms with E-state index in [2.05, 4.69) is 23.5 Å². The second-order valence-electron chi connectivity index (χ2n) is 7.08. The maximum absolute atomic E-state index is 12.4. The smallest absolute Gasteiger partial charge is 0.240 e. The van der Waals surface area contributed by atoms with Crippen molar-refractivity contribution in [2.45, 2.75) is 50.0 Å². The van der Waals surface area contributed by atoms with Crippen molar-refractivity contribution in [2.75, 3.05) is 26.2 Å². The molecule has 6 heteroatoms. The van der Waals surface area contributed by atoms with Gasteiger partial charge in [-0.2, -0.15) is 0 Å². The van der Waals surface area contributed by atoms with Crippen LogP contribution in [0.2, 0.25) is 0 Å². The first-order valence-corrected chi connectivity index (χ1v) is 9.88. The Hall–Kier alpha value is -1.11. The Kier molecular flexibility index (Phi) is 4.67. The van der Waals surface area contributed by atoms with Gasteiger partial charge in [0.25, 0.3) is 0 Å². The van der Waals surface area contributed by atoms with Crippen LogP contribution in [0.3, 0.4) is 0 Å². The van der Waals surface area contributed by atoms with Crippen LogP contribution in [0.15, 0.2) is 23.1 Å². The predicted octanol–water partition coefficient (Wildman–Crippen LogP) is 2.16. The SMILES string of the molecule is CC1(C)CCc2cc(S(=O)(=O)NCCN3CCCC3)ccc2O1. The van der Waals surface area contributed by atoms with Crippen molar-refractivity contribution in [1.29, 1.82) is 0 Å². The monoisotopic (exact) mass is 338 g/mol. The van der Waals surface area contributed by atoms with Crippen LogP contribution < -0.4 is 9.46 Å². The normalized spacial score (nSPS) is 21.0. The zero-order valence-electron chi connectivity index (χ0n) is 14.0. The van der Waals surface area contributed by atoms with Crippen LogP contribution in [0, 0.1) is 0 Å². The van der Waals surface area contributed by atoms with E-state index >= 15 is 0 Å². The average Bonchev–Trinajstić information content (AvgIpc) is 2.99. The molecule has 128 valence electrons. The van der Waals surface area contributed by atoms with Crippen molar-refractivity contribution in [3.8, 4) is 5.75 Å². The summed E-state index contributed by atoms with van der Waals surface area (Å²) in [4.78, 5) is 2.63. The minimum Gasteiger partial charge on any atom is -0.488 e. The van der Waals surface area contributed by atoms with Crippen molar-refractivity contribution < 1.29 is 13.2 Å². The third-order valence-electron chi connectivity index (χ3n) is 4.64. The highest BCUT2D eigenvalue weighted by atomic mass is 32.2. The molecule has 2 aliphatic rings. The number of likely N-dealkylation sites (tertiary alicyclic amines) is 1. The topological polar surface area (TPSA) is 58.6 Å². The molecule has 1 N–H and O–H groups in total. The summed E-state index contributed by atoms with van der Waals surface area (Å²) in [7, 11) is -3.45. The van der Waals surface area contributed by atoms with E-state index < -0.39 is 10.0 Å². The summed E-state index contributed by atoms with van der Waals surface area (Å²) in [6.07, 6.45) is 4.17. The number of sulfonamides is 1. The van der Waals surface area contributed by atoms with Crippen LogP contribution in [-0.4, -0.2) is 45.1 Å². The Labute approximate surface area is 139 Å². The number of nitrogens with one attached hydrogen (secondary N) is 1. The number of benzene rings is 1. The first-order valence-electron chi connectivity index (χ1n) is 8.40. The van der Waals surface area contributed by atoms with Gasteiger partial charge < -0.3 is 9.64 Å². The number of nitrogens with zero attached hydrogens (tertiary/aromatic N) is 1. The molecular formula is C17H26N2O3S. The highest BCUT2D eigenvalue weighted by Crippen LogP contribution is 2.34. The quantitative estimate of drug-likeness (QED) is 0.894. The van der Waals surface area contributed by atoms with Gasteiger partial charge in [-0.15, -0.1) is 0 Å². The van der Waals surface area contributed by atoms with Crippen molar-refractivity contribution in [2.24, 2.45) is 0 Å². The maximum atomic E-state index is 12.4. The molecule has 1 aromatic carbocycles. The molecule has 1 fully saturated rings. The molecule has 1 saturated heterocycles. The first kappa shape index (κ1) is 16.7. The molecule has 2 aliphatic heterocycles. The molecule has 2 heterocycles. The van der Waals surface area contributed by atoms with Gasteiger partial charge in [0.2, 0.25) is 10.0 Å². The van der Waals surface area contributed by atoms with E-state index in [9.17, 15) is 8.42 Å². The molecule has 3 rings (SSSR count). The fraction of sp³-hybridized carbons (Fsp3) is 0.647. The minimum atomic E-state index is -3.45. The van der Waals surface area contributed by atoms with E-state index in [4.69, 9.17) is 4.74 Å². The van der Waals surface area contributed by atoms with Gasteiger partial charge in [-0.05, 0) is 76.4 Å². The highest BCUT2D eigenvalue weighted by Gasteiger charge is 2.27. The zero-order chi connectivity index (χ0) is 16.5. The lowest BCUT2D eigenvalue weighted by Crippen LogP contribution is -2.34. The number of aryl methyl sites for hydroxylation is 1. The zero-order valence-corrected chi connectivity index (χ0v) is 14.8. The van der Waals surface area contributed by atoms with Crippen LogP contribution in [-0.2, 0) is 16.4 Å². The van der Waals surface area contributed by atoms with Crippen LogP contribution in [0.1, 0.15) is 38.7 Å². The lowest BCUT2D eigenvalue weighted by atomic mass is 9.94. The minimum absolute atomic E-state index is 0.179. The first-order chi connectivity index (χ1) is 10.9. The van der Waals surface area contributed by atoms with Gasteiger partial charge in [-0.1, -0.05) is 0 Å². The van der Waals surface area contributed by atoms with Crippen molar-refractivity contribution in [1.82, 2.24) is 9.62 Å². The molecule has 0 spiro atoms. The molecule has 0 aromatic heterocycles. The molecule has 0 atom stereocenters. The summed E-state index contributed by atoms with van der Waals surface area (Å²) >= 11 is 0. The predicted molar refractivity (Wildman–Crippen MR) is 90.3 cm³/mol. The molecule has 0 saturated carbocycles. The molecule has 0 radical (unpaired) electrons. The fourth-order valence-electron chi connectivity index (χ4n) is 3.23. The Bertz CT molecular complexity index is 664. The van der Waals surface area contributed by atoms with E-state index in [-0.39, 0.29) is 5.60 Å². The molecule has 5 nitrogen and oxygen atoms in total. The molecule has 0 unspecified atom stereocenters. The molecule has 0 bridgehead atoms.